The molecule has 4 rings (SSSR count). The Bertz CT molecular complexity index is 1250. The lowest BCUT2D eigenvalue weighted by Crippen LogP contribution is -2.26. The molecule has 178 valence electrons. The molecular weight excluding hydrogens is 448 g/mol. The third-order valence-corrected chi connectivity index (χ3v) is 5.69. The first-order valence-electron chi connectivity index (χ1n) is 11.0. The van der Waals surface area contributed by atoms with E-state index in [0.29, 0.717) is 5.75 Å². The maximum atomic E-state index is 12.2. The number of carboxylic acids is 1. The van der Waals surface area contributed by atoms with Crippen molar-refractivity contribution in [2.45, 2.75) is 5.92 Å². The van der Waals surface area contributed by atoms with Gasteiger partial charge in [-0.25, -0.2) is 9.59 Å². The molecule has 0 radical (unpaired) electrons. The predicted octanol–water partition coefficient (Wildman–Crippen LogP) is 4.43. The second-order valence-corrected chi connectivity index (χ2v) is 7.81. The molecule has 8 heteroatoms. The van der Waals surface area contributed by atoms with Crippen molar-refractivity contribution in [3.63, 3.8) is 0 Å². The first kappa shape index (κ1) is 23.6. The molecule has 0 saturated heterocycles. The van der Waals surface area contributed by atoms with Crippen LogP contribution in [0.25, 0.3) is 11.1 Å². The van der Waals surface area contributed by atoms with Crippen LogP contribution < -0.4 is 15.4 Å². The number of amides is 2. The summed E-state index contributed by atoms with van der Waals surface area (Å²) in [6.45, 7) is 0.262. The summed E-state index contributed by atoms with van der Waals surface area (Å²) in [6, 6.07) is 20.5. The lowest BCUT2D eigenvalue weighted by molar-refractivity contribution is -0.111. The van der Waals surface area contributed by atoms with E-state index in [1.54, 1.807) is 6.07 Å². The number of aromatic carboxylic acids is 1. The number of hydrogen-bond donors (Lipinski definition) is 3. The van der Waals surface area contributed by atoms with Crippen molar-refractivity contribution in [3.8, 4) is 16.9 Å². The summed E-state index contributed by atoms with van der Waals surface area (Å²) in [4.78, 5) is 35.8. The number of ether oxygens (including phenoxy) is 2. The molecule has 0 saturated carbocycles. The van der Waals surface area contributed by atoms with Crippen LogP contribution in [0.4, 0.5) is 10.5 Å². The lowest BCUT2D eigenvalue weighted by atomic mass is 9.98. The van der Waals surface area contributed by atoms with Crippen LogP contribution in [0, 0.1) is 0 Å². The van der Waals surface area contributed by atoms with Gasteiger partial charge in [-0.3, -0.25) is 4.79 Å². The number of nitrogens with one attached hydrogen (secondary N) is 2. The second kappa shape index (κ2) is 10.6. The van der Waals surface area contributed by atoms with E-state index in [2.05, 4.69) is 22.8 Å². The van der Waals surface area contributed by atoms with Crippen molar-refractivity contribution in [3.05, 3.63) is 95.6 Å². The number of carbonyl (C=O) groups excluding carboxylic acids is 2. The van der Waals surface area contributed by atoms with Crippen LogP contribution in [0.1, 0.15) is 27.4 Å². The average Bonchev–Trinajstić information content (AvgIpc) is 3.19. The van der Waals surface area contributed by atoms with Crippen molar-refractivity contribution in [1.82, 2.24) is 5.32 Å². The molecule has 0 aliphatic heterocycles. The number of methoxy groups -OCH3 is 1. The summed E-state index contributed by atoms with van der Waals surface area (Å²) in [6.07, 6.45) is 2.06. The Morgan fingerprint density at radius 3 is 2.26 bits per heavy atom. The first-order chi connectivity index (χ1) is 17.0. The number of carbonyl (C=O) groups is 3. The predicted molar refractivity (Wildman–Crippen MR) is 131 cm³/mol. The fourth-order valence-electron chi connectivity index (χ4n) is 4.07. The highest BCUT2D eigenvalue weighted by molar-refractivity contribution is 6.04. The third-order valence-electron chi connectivity index (χ3n) is 5.69. The summed E-state index contributed by atoms with van der Waals surface area (Å²) in [7, 11) is 1.42. The molecule has 3 aromatic rings. The van der Waals surface area contributed by atoms with Gasteiger partial charge >= 0.3 is 12.1 Å². The van der Waals surface area contributed by atoms with Gasteiger partial charge in [-0.05, 0) is 40.5 Å². The molecule has 35 heavy (non-hydrogen) atoms. The van der Waals surface area contributed by atoms with Gasteiger partial charge in [0.25, 0.3) is 0 Å². The minimum Gasteiger partial charge on any atom is -0.497 e. The lowest BCUT2D eigenvalue weighted by Gasteiger charge is -2.14. The second-order valence-electron chi connectivity index (χ2n) is 7.81. The highest BCUT2D eigenvalue weighted by atomic mass is 16.5. The van der Waals surface area contributed by atoms with Gasteiger partial charge in [-0.2, -0.15) is 0 Å². The zero-order chi connectivity index (χ0) is 24.8. The van der Waals surface area contributed by atoms with Gasteiger partial charge in [-0.1, -0.05) is 54.6 Å². The van der Waals surface area contributed by atoms with Gasteiger partial charge in [0.05, 0.1) is 18.4 Å². The molecule has 8 nitrogen and oxygen atoms in total. The Hall–Kier alpha value is -4.59. The summed E-state index contributed by atoms with van der Waals surface area (Å²) >= 11 is 0. The maximum Gasteiger partial charge on any atom is 0.407 e. The summed E-state index contributed by atoms with van der Waals surface area (Å²) in [5.41, 5.74) is 4.58. The Labute approximate surface area is 202 Å². The topological polar surface area (TPSA) is 114 Å². The van der Waals surface area contributed by atoms with E-state index in [1.165, 1.54) is 31.4 Å². The molecule has 0 fully saturated rings. The number of hydrogen-bond acceptors (Lipinski definition) is 5. The normalized spacial score (nSPS) is 12.0. The van der Waals surface area contributed by atoms with E-state index in [1.807, 2.05) is 36.4 Å². The van der Waals surface area contributed by atoms with Crippen molar-refractivity contribution in [2.24, 2.45) is 0 Å². The largest absolute Gasteiger partial charge is 0.497 e. The van der Waals surface area contributed by atoms with E-state index in [-0.39, 0.29) is 30.3 Å². The van der Waals surface area contributed by atoms with Crippen molar-refractivity contribution in [1.29, 1.82) is 0 Å². The first-order valence-corrected chi connectivity index (χ1v) is 11.0. The van der Waals surface area contributed by atoms with Gasteiger partial charge in [0.2, 0.25) is 5.91 Å². The molecule has 0 spiro atoms. The Kier molecular flexibility index (Phi) is 7.11. The summed E-state index contributed by atoms with van der Waals surface area (Å²) in [5.74, 6) is -1.40. The Balaban J connectivity index is 1.28. The van der Waals surface area contributed by atoms with Crippen molar-refractivity contribution >= 4 is 23.7 Å². The van der Waals surface area contributed by atoms with E-state index in [9.17, 15) is 19.5 Å². The molecule has 2 amide bonds. The smallest absolute Gasteiger partial charge is 0.407 e. The monoisotopic (exact) mass is 472 g/mol. The van der Waals surface area contributed by atoms with E-state index >= 15 is 0 Å². The van der Waals surface area contributed by atoms with Crippen molar-refractivity contribution < 1.29 is 29.0 Å². The number of carboxylic acid groups (broad SMARTS) is 1. The standard InChI is InChI=1S/C27H24N2O6/c1-34-17-12-13-24(22(15-17)26(31)32)29-25(30)11-6-14-28-27(33)35-16-23-20-9-4-2-7-18(20)19-8-3-5-10-21(19)23/h2-13,15,23H,14,16H2,1H3,(H,28,33)(H,29,30)(H,31,32)/b11-6+. The molecule has 0 heterocycles. The fourth-order valence-corrected chi connectivity index (χ4v) is 4.07. The number of benzene rings is 3. The summed E-state index contributed by atoms with van der Waals surface area (Å²) < 4.78 is 10.5. The van der Waals surface area contributed by atoms with Crippen LogP contribution in [0.2, 0.25) is 0 Å². The third kappa shape index (κ3) is 5.33. The Morgan fingerprint density at radius 2 is 1.63 bits per heavy atom. The van der Waals surface area contributed by atoms with E-state index in [4.69, 9.17) is 9.47 Å². The van der Waals surface area contributed by atoms with E-state index < -0.39 is 18.0 Å². The van der Waals surface area contributed by atoms with Gasteiger partial charge < -0.3 is 25.2 Å². The van der Waals surface area contributed by atoms with Crippen LogP contribution >= 0.6 is 0 Å². The van der Waals surface area contributed by atoms with Gasteiger partial charge in [0.1, 0.15) is 12.4 Å². The zero-order valence-electron chi connectivity index (χ0n) is 19.0. The van der Waals surface area contributed by atoms with Crippen LogP contribution in [0.15, 0.2) is 78.9 Å². The SMILES string of the molecule is COc1ccc(NC(=O)/C=C/CNC(=O)OCC2c3ccccc3-c3ccccc32)c(C(=O)O)c1. The average molecular weight is 472 g/mol. The molecule has 0 atom stereocenters. The zero-order valence-corrected chi connectivity index (χ0v) is 19.0. The highest BCUT2D eigenvalue weighted by Gasteiger charge is 2.28. The minimum atomic E-state index is -1.19. The van der Waals surface area contributed by atoms with Crippen molar-refractivity contribution in [2.75, 3.05) is 25.6 Å². The quantitative estimate of drug-likeness (QED) is 0.418. The molecule has 3 aromatic carbocycles. The number of rotatable bonds is 8. The highest BCUT2D eigenvalue weighted by Crippen LogP contribution is 2.44. The number of anilines is 1. The maximum absolute atomic E-state index is 12.2. The van der Waals surface area contributed by atoms with Gasteiger partial charge in [0, 0.05) is 18.5 Å². The molecule has 0 bridgehead atoms. The van der Waals surface area contributed by atoms with Gasteiger partial charge in [-0.15, -0.1) is 0 Å². The molecule has 1 aliphatic rings. The molecule has 1 aliphatic carbocycles. The van der Waals surface area contributed by atoms with Crippen LogP contribution in [0.5, 0.6) is 5.75 Å². The molecular formula is C27H24N2O6. The van der Waals surface area contributed by atoms with Crippen LogP contribution in [-0.2, 0) is 9.53 Å². The Morgan fingerprint density at radius 1 is 0.971 bits per heavy atom. The number of alkyl carbamates (subject to hydrolysis) is 1. The number of fused-ring (bicyclic) bond motifs is 3. The fraction of sp³-hybridized carbons (Fsp3) is 0.148. The molecule has 0 aromatic heterocycles. The minimum absolute atomic E-state index is 0.0394. The van der Waals surface area contributed by atoms with Crippen LogP contribution in [-0.4, -0.2) is 43.3 Å². The molecule has 0 unspecified atom stereocenters. The van der Waals surface area contributed by atoms with E-state index in [0.717, 1.165) is 22.3 Å². The summed E-state index contributed by atoms with van der Waals surface area (Å²) in [5, 5.41) is 14.4. The van der Waals surface area contributed by atoms with Crippen LogP contribution in [0.3, 0.4) is 0 Å². The molecule has 3 N–H and O–H groups in total. The van der Waals surface area contributed by atoms with Gasteiger partial charge in [0.15, 0.2) is 0 Å².